The third-order valence-electron chi connectivity index (χ3n) is 5.30. The van der Waals surface area contributed by atoms with Crippen LogP contribution in [0.5, 0.6) is 0 Å². The molecule has 0 aromatic carbocycles. The fourth-order valence-corrected chi connectivity index (χ4v) is 4.68. The van der Waals surface area contributed by atoms with Gasteiger partial charge in [0, 0.05) is 4.88 Å². The van der Waals surface area contributed by atoms with E-state index in [0.29, 0.717) is 4.88 Å². The molecule has 0 bridgehead atoms. The highest BCUT2D eigenvalue weighted by atomic mass is 32.1. The summed E-state index contributed by atoms with van der Waals surface area (Å²) in [4.78, 5) is 26.7. The Bertz CT molecular complexity index is 782. The van der Waals surface area contributed by atoms with Crippen molar-refractivity contribution in [2.75, 3.05) is 0 Å². The number of carbonyl (C=O) groups is 2. The second-order valence-electron chi connectivity index (χ2n) is 7.97. The Kier molecular flexibility index (Phi) is 3.81. The van der Waals surface area contributed by atoms with Crippen LogP contribution in [0.15, 0.2) is 12.1 Å². The number of rotatable bonds is 3. The second kappa shape index (κ2) is 5.43. The van der Waals surface area contributed by atoms with Crippen LogP contribution in [-0.2, 0) is 23.7 Å². The van der Waals surface area contributed by atoms with E-state index < -0.39 is 53.2 Å². The average Bonchev–Trinajstić information content (AvgIpc) is 3.11. The van der Waals surface area contributed by atoms with Gasteiger partial charge in [-0.05, 0) is 46.8 Å². The first-order valence-corrected chi connectivity index (χ1v) is 9.34. The van der Waals surface area contributed by atoms with Crippen molar-refractivity contribution >= 4 is 22.9 Å². The van der Waals surface area contributed by atoms with Crippen LogP contribution in [0.3, 0.4) is 0 Å². The van der Waals surface area contributed by atoms with Gasteiger partial charge in [-0.25, -0.2) is 0 Å². The van der Waals surface area contributed by atoms with Crippen LogP contribution < -0.4 is 0 Å². The molecular formula is C18H22O7S. The molecule has 4 rings (SSSR count). The van der Waals surface area contributed by atoms with Gasteiger partial charge in [-0.15, -0.1) is 11.3 Å². The van der Waals surface area contributed by atoms with Crippen LogP contribution in [0, 0.1) is 6.92 Å². The fraction of sp³-hybridized carbons (Fsp3) is 0.667. The lowest BCUT2D eigenvalue weighted by atomic mass is 9.70. The normalized spacial score (nSPS) is 39.6. The van der Waals surface area contributed by atoms with Gasteiger partial charge in [-0.1, -0.05) is 0 Å². The van der Waals surface area contributed by atoms with E-state index in [-0.39, 0.29) is 0 Å². The first-order chi connectivity index (χ1) is 12.0. The minimum absolute atomic E-state index is 0.349. The van der Waals surface area contributed by atoms with Crippen molar-refractivity contribution in [3.05, 3.63) is 21.9 Å². The third-order valence-corrected chi connectivity index (χ3v) is 6.30. The lowest BCUT2D eigenvalue weighted by Crippen LogP contribution is -2.83. The summed E-state index contributed by atoms with van der Waals surface area (Å²) in [5.74, 6) is -2.38. The minimum Gasteiger partial charge on any atom is -0.379 e. The third kappa shape index (κ3) is 2.37. The number of thiophene rings is 1. The zero-order chi connectivity index (χ0) is 19.1. The number of aryl methyl sites for hydroxylation is 1. The van der Waals surface area contributed by atoms with E-state index >= 15 is 0 Å². The van der Waals surface area contributed by atoms with Crippen molar-refractivity contribution in [2.24, 2.45) is 0 Å². The number of ether oxygens (including phenoxy) is 4. The Morgan fingerprint density at radius 1 is 1.12 bits per heavy atom. The summed E-state index contributed by atoms with van der Waals surface area (Å²) in [7, 11) is 0. The molecule has 3 aliphatic rings. The molecule has 1 aromatic rings. The van der Waals surface area contributed by atoms with Crippen molar-refractivity contribution in [1.82, 2.24) is 0 Å². The Balaban J connectivity index is 1.66. The summed E-state index contributed by atoms with van der Waals surface area (Å²) in [6.07, 6.45) is -3.99. The van der Waals surface area contributed by atoms with Crippen LogP contribution in [0.25, 0.3) is 0 Å². The average molecular weight is 382 g/mol. The maximum Gasteiger partial charge on any atom is 0.241 e. The molecule has 4 heterocycles. The van der Waals surface area contributed by atoms with Gasteiger partial charge < -0.3 is 24.1 Å². The number of fused-ring (bicyclic) bond motifs is 3. The molecule has 26 heavy (non-hydrogen) atoms. The van der Waals surface area contributed by atoms with Crippen molar-refractivity contribution in [3.8, 4) is 0 Å². The predicted molar refractivity (Wildman–Crippen MR) is 91.0 cm³/mol. The Labute approximate surface area is 155 Å². The van der Waals surface area contributed by atoms with Crippen LogP contribution in [0.4, 0.5) is 0 Å². The van der Waals surface area contributed by atoms with Gasteiger partial charge in [-0.3, -0.25) is 9.59 Å². The first-order valence-electron chi connectivity index (χ1n) is 8.52. The molecule has 1 N–H and O–H groups in total. The van der Waals surface area contributed by atoms with E-state index in [1.54, 1.807) is 39.8 Å². The predicted octanol–water partition coefficient (Wildman–Crippen LogP) is 1.59. The van der Waals surface area contributed by atoms with Crippen LogP contribution in [0.1, 0.15) is 42.2 Å². The molecular weight excluding hydrogens is 360 g/mol. The Hall–Kier alpha value is -1.16. The molecule has 8 heteroatoms. The standard InChI is InChI=1S/C18H22O7S/c1-8-6-7-9(26-8)10(19)11(20)12-13-14(24-17(4,5)23-13)18(21)15(22-12)25-16(18,2)3/h6-7,12-15,21H,1-5H3/t12-,13+,14+,15-,18-/m1/s1. The van der Waals surface area contributed by atoms with Crippen molar-refractivity contribution < 1.29 is 33.6 Å². The SMILES string of the molecule is Cc1ccc(C(=O)C(=O)[C@H]2O[C@@H]3OC(C)(C)[C@@]3(O)[C@H]3OC(C)(C)O[C@@H]23)s1. The summed E-state index contributed by atoms with van der Waals surface area (Å²) < 4.78 is 23.1. The van der Waals surface area contributed by atoms with Crippen molar-refractivity contribution in [2.45, 2.75) is 76.2 Å². The molecule has 7 nitrogen and oxygen atoms in total. The Morgan fingerprint density at radius 3 is 2.38 bits per heavy atom. The van der Waals surface area contributed by atoms with E-state index in [9.17, 15) is 14.7 Å². The zero-order valence-electron chi connectivity index (χ0n) is 15.3. The van der Waals surface area contributed by atoms with Crippen LogP contribution in [-0.4, -0.2) is 58.3 Å². The first kappa shape index (κ1) is 18.2. The molecule has 0 aliphatic carbocycles. The molecule has 0 radical (unpaired) electrons. The van der Waals surface area contributed by atoms with Crippen molar-refractivity contribution in [3.63, 3.8) is 0 Å². The topological polar surface area (TPSA) is 91.3 Å². The molecule has 0 spiro atoms. The minimum atomic E-state index is -1.47. The molecule has 3 aliphatic heterocycles. The van der Waals surface area contributed by atoms with Gasteiger partial charge in [0.05, 0.1) is 4.88 Å². The molecule has 3 fully saturated rings. The number of Topliss-reactive ketones (excluding diaryl/α,β-unsaturated/α-hetero) is 2. The lowest BCUT2D eigenvalue weighted by molar-refractivity contribution is -0.458. The highest BCUT2D eigenvalue weighted by molar-refractivity contribution is 7.14. The highest BCUT2D eigenvalue weighted by Crippen LogP contribution is 2.54. The van der Waals surface area contributed by atoms with Crippen LogP contribution >= 0.6 is 11.3 Å². The van der Waals surface area contributed by atoms with E-state index in [2.05, 4.69) is 0 Å². The fourth-order valence-electron chi connectivity index (χ4n) is 3.87. The number of hydrogen-bond donors (Lipinski definition) is 1. The lowest BCUT2D eigenvalue weighted by Gasteiger charge is -2.62. The molecule has 142 valence electrons. The summed E-state index contributed by atoms with van der Waals surface area (Å²) in [6.45, 7) is 8.70. The smallest absolute Gasteiger partial charge is 0.241 e. The van der Waals surface area contributed by atoms with Gasteiger partial charge in [-0.2, -0.15) is 0 Å². The zero-order valence-corrected chi connectivity index (χ0v) is 16.1. The quantitative estimate of drug-likeness (QED) is 0.627. The Morgan fingerprint density at radius 2 is 1.81 bits per heavy atom. The summed E-state index contributed by atoms with van der Waals surface area (Å²) in [6, 6.07) is 3.40. The van der Waals surface area contributed by atoms with Gasteiger partial charge in [0.25, 0.3) is 0 Å². The molecule has 0 saturated carbocycles. The van der Waals surface area contributed by atoms with Gasteiger partial charge in [0.1, 0.15) is 17.8 Å². The van der Waals surface area contributed by atoms with Crippen LogP contribution in [0.2, 0.25) is 0 Å². The second-order valence-corrected chi connectivity index (χ2v) is 9.25. The van der Waals surface area contributed by atoms with E-state index in [1.165, 1.54) is 11.3 Å². The van der Waals surface area contributed by atoms with Gasteiger partial charge in [0.2, 0.25) is 11.6 Å². The maximum atomic E-state index is 12.9. The summed E-state index contributed by atoms with van der Waals surface area (Å²) >= 11 is 1.25. The molecule has 5 atom stereocenters. The summed E-state index contributed by atoms with van der Waals surface area (Å²) in [5.41, 5.74) is -2.39. The highest BCUT2D eigenvalue weighted by Gasteiger charge is 2.76. The van der Waals surface area contributed by atoms with E-state index in [4.69, 9.17) is 18.9 Å². The molecule has 0 amide bonds. The van der Waals surface area contributed by atoms with E-state index in [0.717, 1.165) is 4.88 Å². The molecule has 3 saturated heterocycles. The van der Waals surface area contributed by atoms with E-state index in [1.807, 2.05) is 6.92 Å². The van der Waals surface area contributed by atoms with Gasteiger partial charge >= 0.3 is 0 Å². The number of aliphatic hydroxyl groups is 1. The number of hydrogen-bond acceptors (Lipinski definition) is 8. The van der Waals surface area contributed by atoms with Gasteiger partial charge in [0.15, 0.2) is 23.8 Å². The molecule has 0 unspecified atom stereocenters. The molecule has 1 aromatic heterocycles. The number of ketones is 2. The maximum absolute atomic E-state index is 12.9. The largest absolute Gasteiger partial charge is 0.379 e. The monoisotopic (exact) mass is 382 g/mol. The van der Waals surface area contributed by atoms with Crippen molar-refractivity contribution in [1.29, 1.82) is 0 Å². The number of carbonyl (C=O) groups excluding carboxylic acids is 2. The summed E-state index contributed by atoms with van der Waals surface area (Å²) in [5, 5.41) is 11.2.